The summed E-state index contributed by atoms with van der Waals surface area (Å²) in [6, 6.07) is 16.3. The van der Waals surface area contributed by atoms with Crippen LogP contribution < -0.4 is 24.3 Å². The Bertz CT molecular complexity index is 1400. The number of hydrogen-bond acceptors (Lipinski definition) is 6. The molecule has 3 heterocycles. The van der Waals surface area contributed by atoms with Crippen molar-refractivity contribution in [1.29, 1.82) is 0 Å². The molecule has 38 heavy (non-hydrogen) atoms. The van der Waals surface area contributed by atoms with E-state index in [4.69, 9.17) is 18.9 Å². The molecule has 1 N–H and O–H groups in total. The Hall–Kier alpha value is -4.20. The third-order valence-corrected chi connectivity index (χ3v) is 7.28. The minimum Gasteiger partial charge on any atom is -0.490 e. The van der Waals surface area contributed by atoms with E-state index in [9.17, 15) is 9.59 Å². The maximum Gasteiger partial charge on any atom is 0.254 e. The Morgan fingerprint density at radius 3 is 2.47 bits per heavy atom. The smallest absolute Gasteiger partial charge is 0.254 e. The highest BCUT2D eigenvalue weighted by atomic mass is 16.6. The standard InChI is InChI=1S/C30H30N2O6/c1-3-35-24-15-18-11-12-32-28(22(18)17-26(24)36-4-2)27(20-7-5-6-8-21(20)30(32)34)29(33)31-19-9-10-23-25(16-19)38-14-13-37-23/h5-10,15-17,27-28H,3-4,11-14H2,1-2H3,(H,31,33)/t27-,28+/m0/s1. The molecular formula is C30H30N2O6. The van der Waals surface area contributed by atoms with Gasteiger partial charge in [-0.2, -0.15) is 0 Å². The molecule has 3 aliphatic heterocycles. The van der Waals surface area contributed by atoms with E-state index in [1.807, 2.05) is 49.1 Å². The van der Waals surface area contributed by atoms with Gasteiger partial charge in [-0.25, -0.2) is 0 Å². The zero-order chi connectivity index (χ0) is 26.2. The van der Waals surface area contributed by atoms with Crippen molar-refractivity contribution in [2.24, 2.45) is 0 Å². The number of anilines is 1. The molecule has 2 amide bonds. The molecule has 0 saturated carbocycles. The lowest BCUT2D eigenvalue weighted by Gasteiger charge is -2.45. The molecule has 8 nitrogen and oxygen atoms in total. The molecule has 0 spiro atoms. The molecule has 0 radical (unpaired) electrons. The number of carbonyl (C=O) groups excluding carboxylic acids is 2. The quantitative estimate of drug-likeness (QED) is 0.512. The Labute approximate surface area is 221 Å². The Balaban J connectivity index is 1.44. The van der Waals surface area contributed by atoms with Crippen molar-refractivity contribution in [3.8, 4) is 23.0 Å². The van der Waals surface area contributed by atoms with Crippen molar-refractivity contribution in [2.45, 2.75) is 32.2 Å². The van der Waals surface area contributed by atoms with E-state index in [0.29, 0.717) is 79.2 Å². The summed E-state index contributed by atoms with van der Waals surface area (Å²) < 4.78 is 23.1. The number of ether oxygens (including phenoxy) is 4. The first kappa shape index (κ1) is 24.2. The van der Waals surface area contributed by atoms with Crippen LogP contribution in [0.2, 0.25) is 0 Å². The summed E-state index contributed by atoms with van der Waals surface area (Å²) in [5, 5.41) is 3.08. The Kier molecular flexibility index (Phi) is 6.31. The number of fused-ring (bicyclic) bond motifs is 5. The van der Waals surface area contributed by atoms with Gasteiger partial charge in [-0.1, -0.05) is 18.2 Å². The molecule has 0 fully saturated rings. The lowest BCUT2D eigenvalue weighted by atomic mass is 9.75. The van der Waals surface area contributed by atoms with Crippen LogP contribution in [0, 0.1) is 0 Å². The SMILES string of the molecule is CCOc1cc2c(cc1OCC)[C@@H]1[C@@H](C(=O)Nc3ccc4c(c3)OCCO4)c3ccccc3C(=O)N1CC2. The average molecular weight is 515 g/mol. The van der Waals surface area contributed by atoms with Gasteiger partial charge in [0.2, 0.25) is 5.91 Å². The van der Waals surface area contributed by atoms with Crippen molar-refractivity contribution in [2.75, 3.05) is 38.3 Å². The van der Waals surface area contributed by atoms with Crippen molar-refractivity contribution in [1.82, 2.24) is 4.90 Å². The molecule has 6 rings (SSSR count). The lowest BCUT2D eigenvalue weighted by molar-refractivity contribution is -0.119. The van der Waals surface area contributed by atoms with Crippen LogP contribution in [0.5, 0.6) is 23.0 Å². The van der Waals surface area contributed by atoms with Gasteiger partial charge in [-0.3, -0.25) is 9.59 Å². The van der Waals surface area contributed by atoms with Crippen LogP contribution in [0.3, 0.4) is 0 Å². The second kappa shape index (κ2) is 9.93. The van der Waals surface area contributed by atoms with Gasteiger partial charge in [-0.05, 0) is 67.3 Å². The van der Waals surface area contributed by atoms with E-state index in [0.717, 1.165) is 11.1 Å². The van der Waals surface area contributed by atoms with Crippen molar-refractivity contribution < 1.29 is 28.5 Å². The molecule has 196 valence electrons. The summed E-state index contributed by atoms with van der Waals surface area (Å²) in [5.74, 6) is 1.67. The van der Waals surface area contributed by atoms with Gasteiger partial charge in [-0.15, -0.1) is 0 Å². The average Bonchev–Trinajstić information content (AvgIpc) is 2.94. The molecule has 3 aromatic carbocycles. The number of hydrogen-bond donors (Lipinski definition) is 1. The summed E-state index contributed by atoms with van der Waals surface area (Å²) in [6.45, 7) is 6.32. The first-order valence-electron chi connectivity index (χ1n) is 13.1. The largest absolute Gasteiger partial charge is 0.490 e. The number of carbonyl (C=O) groups is 2. The molecule has 3 aromatic rings. The number of nitrogens with zero attached hydrogens (tertiary/aromatic N) is 1. The second-order valence-electron chi connectivity index (χ2n) is 9.47. The van der Waals surface area contributed by atoms with Crippen LogP contribution in [0.1, 0.15) is 52.9 Å². The fourth-order valence-corrected chi connectivity index (χ4v) is 5.69. The first-order chi connectivity index (χ1) is 18.6. The van der Waals surface area contributed by atoms with Gasteiger partial charge < -0.3 is 29.2 Å². The first-order valence-corrected chi connectivity index (χ1v) is 13.1. The molecule has 3 aliphatic rings. The van der Waals surface area contributed by atoms with Crippen molar-refractivity contribution in [3.05, 3.63) is 76.9 Å². The summed E-state index contributed by atoms with van der Waals surface area (Å²) in [6.07, 6.45) is 0.669. The summed E-state index contributed by atoms with van der Waals surface area (Å²) in [4.78, 5) is 29.5. The number of rotatable bonds is 6. The molecule has 0 aliphatic carbocycles. The zero-order valence-corrected chi connectivity index (χ0v) is 21.5. The fraction of sp³-hybridized carbons (Fsp3) is 0.333. The van der Waals surface area contributed by atoms with Crippen LogP contribution in [-0.4, -0.2) is 49.7 Å². The second-order valence-corrected chi connectivity index (χ2v) is 9.47. The van der Waals surface area contributed by atoms with Crippen LogP contribution in [0.25, 0.3) is 0 Å². The topological polar surface area (TPSA) is 86.3 Å². The van der Waals surface area contributed by atoms with Gasteiger partial charge in [0.25, 0.3) is 5.91 Å². The highest BCUT2D eigenvalue weighted by Crippen LogP contribution is 2.48. The van der Waals surface area contributed by atoms with Crippen molar-refractivity contribution >= 4 is 17.5 Å². The van der Waals surface area contributed by atoms with Gasteiger partial charge >= 0.3 is 0 Å². The summed E-state index contributed by atoms with van der Waals surface area (Å²) in [5.41, 5.74) is 3.85. The fourth-order valence-electron chi connectivity index (χ4n) is 5.69. The number of amides is 2. The Morgan fingerprint density at radius 2 is 1.68 bits per heavy atom. The van der Waals surface area contributed by atoms with Crippen LogP contribution in [-0.2, 0) is 11.2 Å². The lowest BCUT2D eigenvalue weighted by Crippen LogP contribution is -2.49. The highest BCUT2D eigenvalue weighted by molar-refractivity contribution is 6.04. The number of nitrogens with one attached hydrogen (secondary N) is 1. The molecule has 0 aromatic heterocycles. The minimum absolute atomic E-state index is 0.0634. The van der Waals surface area contributed by atoms with Crippen LogP contribution in [0.4, 0.5) is 5.69 Å². The third kappa shape index (κ3) is 4.10. The van der Waals surface area contributed by atoms with E-state index >= 15 is 0 Å². The summed E-state index contributed by atoms with van der Waals surface area (Å²) in [7, 11) is 0. The van der Waals surface area contributed by atoms with Gasteiger partial charge in [0.1, 0.15) is 13.2 Å². The predicted molar refractivity (Wildman–Crippen MR) is 142 cm³/mol. The van der Waals surface area contributed by atoms with E-state index in [-0.39, 0.29) is 11.8 Å². The minimum atomic E-state index is -0.622. The predicted octanol–water partition coefficient (Wildman–Crippen LogP) is 4.73. The van der Waals surface area contributed by atoms with Gasteiger partial charge in [0.05, 0.1) is 25.2 Å². The molecular weight excluding hydrogens is 484 g/mol. The maximum atomic E-state index is 14.1. The van der Waals surface area contributed by atoms with E-state index in [1.54, 1.807) is 24.3 Å². The molecule has 0 unspecified atom stereocenters. The monoisotopic (exact) mass is 514 g/mol. The van der Waals surface area contributed by atoms with Crippen molar-refractivity contribution in [3.63, 3.8) is 0 Å². The van der Waals surface area contributed by atoms with Gasteiger partial charge in [0, 0.05) is 23.9 Å². The van der Waals surface area contributed by atoms with Crippen LogP contribution in [0.15, 0.2) is 54.6 Å². The highest BCUT2D eigenvalue weighted by Gasteiger charge is 2.46. The van der Waals surface area contributed by atoms with Gasteiger partial charge in [0.15, 0.2) is 23.0 Å². The Morgan fingerprint density at radius 1 is 0.947 bits per heavy atom. The molecule has 8 heteroatoms. The zero-order valence-electron chi connectivity index (χ0n) is 21.5. The molecule has 2 atom stereocenters. The van der Waals surface area contributed by atoms with E-state index in [1.165, 1.54) is 0 Å². The van der Waals surface area contributed by atoms with E-state index < -0.39 is 12.0 Å². The summed E-state index contributed by atoms with van der Waals surface area (Å²) >= 11 is 0. The van der Waals surface area contributed by atoms with Crippen LogP contribution >= 0.6 is 0 Å². The van der Waals surface area contributed by atoms with E-state index in [2.05, 4.69) is 5.32 Å². The molecule has 0 bridgehead atoms. The molecule has 0 saturated heterocycles. The number of benzene rings is 3. The normalized spacial score (nSPS) is 19.1. The maximum absolute atomic E-state index is 14.1. The third-order valence-electron chi connectivity index (χ3n) is 7.28.